The van der Waals surface area contributed by atoms with Crippen LogP contribution in [0.25, 0.3) is 0 Å². The molecule has 0 aliphatic carbocycles. The molecule has 0 saturated heterocycles. The first-order valence-electron chi connectivity index (χ1n) is 10.3. The van der Waals surface area contributed by atoms with Gasteiger partial charge >= 0.3 is 0 Å². The van der Waals surface area contributed by atoms with E-state index in [0.717, 1.165) is 0 Å². The van der Waals surface area contributed by atoms with Crippen LogP contribution in [0.3, 0.4) is 0 Å². The zero-order chi connectivity index (χ0) is 22.6. The molecule has 7 nitrogen and oxygen atoms in total. The van der Waals surface area contributed by atoms with Crippen molar-refractivity contribution in [2.24, 2.45) is 0 Å². The summed E-state index contributed by atoms with van der Waals surface area (Å²) >= 11 is 0. The highest BCUT2D eigenvalue weighted by atomic mass is 32.2. The Bertz CT molecular complexity index is 1200. The Hall–Kier alpha value is -3.52. The summed E-state index contributed by atoms with van der Waals surface area (Å²) in [4.78, 5) is 13.1. The fraction of sp³-hybridized carbons (Fsp3) is 0.208. The van der Waals surface area contributed by atoms with Gasteiger partial charge in [-0.25, -0.2) is 8.42 Å². The van der Waals surface area contributed by atoms with Crippen molar-refractivity contribution >= 4 is 27.3 Å². The highest BCUT2D eigenvalue weighted by molar-refractivity contribution is 7.92. The molecule has 1 amide bonds. The van der Waals surface area contributed by atoms with Gasteiger partial charge in [-0.2, -0.15) is 0 Å². The lowest BCUT2D eigenvalue weighted by molar-refractivity contribution is -0.122. The van der Waals surface area contributed by atoms with E-state index in [2.05, 4.69) is 5.32 Å². The molecule has 0 unspecified atom stereocenters. The van der Waals surface area contributed by atoms with Crippen LogP contribution in [0.4, 0.5) is 11.4 Å². The van der Waals surface area contributed by atoms with Crippen molar-refractivity contribution in [3.63, 3.8) is 0 Å². The van der Waals surface area contributed by atoms with Gasteiger partial charge in [-0.05, 0) is 36.8 Å². The first-order chi connectivity index (χ1) is 15.5. The lowest BCUT2D eigenvalue weighted by atomic mass is 10.2. The van der Waals surface area contributed by atoms with Crippen LogP contribution in [-0.4, -0.2) is 33.6 Å². The van der Waals surface area contributed by atoms with Crippen molar-refractivity contribution in [2.45, 2.75) is 18.8 Å². The Kier molecular flexibility index (Phi) is 6.32. The van der Waals surface area contributed by atoms with Crippen LogP contribution in [-0.2, 0) is 20.6 Å². The molecular weight excluding hydrogens is 428 g/mol. The third-order valence-corrected chi connectivity index (χ3v) is 6.72. The summed E-state index contributed by atoms with van der Waals surface area (Å²) in [6.45, 7) is 2.18. The summed E-state index contributed by atoms with van der Waals surface area (Å²) in [6.07, 6.45) is -1.02. The number of sulfonamides is 1. The average molecular weight is 453 g/mol. The number of ether oxygens (including phenoxy) is 2. The van der Waals surface area contributed by atoms with Crippen molar-refractivity contribution in [3.05, 3.63) is 84.4 Å². The number of para-hydroxylation sites is 4. The van der Waals surface area contributed by atoms with Crippen molar-refractivity contribution in [2.75, 3.05) is 22.8 Å². The molecule has 1 aliphatic rings. The number of nitrogens with one attached hydrogen (secondary N) is 1. The molecule has 1 N–H and O–H groups in total. The van der Waals surface area contributed by atoms with Gasteiger partial charge in [0, 0.05) is 0 Å². The predicted octanol–water partition coefficient (Wildman–Crippen LogP) is 3.82. The first kappa shape index (κ1) is 21.7. The summed E-state index contributed by atoms with van der Waals surface area (Å²) in [7, 11) is -3.76. The fourth-order valence-electron chi connectivity index (χ4n) is 3.53. The van der Waals surface area contributed by atoms with E-state index >= 15 is 0 Å². The Balaban J connectivity index is 1.60. The average Bonchev–Trinajstić information content (AvgIpc) is 2.80. The Morgan fingerprint density at radius 3 is 2.50 bits per heavy atom. The third kappa shape index (κ3) is 4.70. The van der Waals surface area contributed by atoms with Gasteiger partial charge in [0.05, 0.1) is 30.3 Å². The van der Waals surface area contributed by atoms with Crippen LogP contribution in [0.5, 0.6) is 11.5 Å². The third-order valence-electron chi connectivity index (χ3n) is 5.00. The van der Waals surface area contributed by atoms with Gasteiger partial charge in [-0.1, -0.05) is 54.6 Å². The topological polar surface area (TPSA) is 84.9 Å². The molecule has 1 heterocycles. The number of fused-ring (bicyclic) bond motifs is 1. The van der Waals surface area contributed by atoms with Crippen LogP contribution >= 0.6 is 0 Å². The SMILES string of the molecule is CCOc1ccccc1NC(=O)[C@H]1CN(S(=O)(=O)Cc2ccccc2)c2ccccc2O1. The van der Waals surface area contributed by atoms with Crippen molar-refractivity contribution in [1.82, 2.24) is 0 Å². The highest BCUT2D eigenvalue weighted by Crippen LogP contribution is 2.36. The maximum Gasteiger partial charge on any atom is 0.267 e. The van der Waals surface area contributed by atoms with Gasteiger partial charge in [-0.15, -0.1) is 0 Å². The molecule has 1 atom stereocenters. The number of hydrogen-bond donors (Lipinski definition) is 1. The molecule has 4 rings (SSSR count). The molecule has 0 spiro atoms. The molecule has 3 aromatic rings. The Labute approximate surface area is 187 Å². The van der Waals surface area contributed by atoms with Gasteiger partial charge in [0.15, 0.2) is 6.10 Å². The Morgan fingerprint density at radius 2 is 1.72 bits per heavy atom. The van der Waals surface area contributed by atoms with Gasteiger partial charge in [0.1, 0.15) is 11.5 Å². The first-order valence-corrected chi connectivity index (χ1v) is 11.9. The van der Waals surface area contributed by atoms with Gasteiger partial charge < -0.3 is 14.8 Å². The fourth-order valence-corrected chi connectivity index (χ4v) is 5.11. The minimum Gasteiger partial charge on any atom is -0.492 e. The molecule has 1 aliphatic heterocycles. The molecule has 166 valence electrons. The molecule has 3 aromatic carbocycles. The van der Waals surface area contributed by atoms with E-state index in [-0.39, 0.29) is 12.3 Å². The molecular formula is C24H24N2O5S. The monoisotopic (exact) mass is 452 g/mol. The molecule has 0 radical (unpaired) electrons. The second kappa shape index (κ2) is 9.32. The molecule has 0 aromatic heterocycles. The standard InChI is InChI=1S/C24H24N2O5S/c1-2-30-21-14-8-6-12-19(21)25-24(27)23-16-26(20-13-7-9-15-22(20)31-23)32(28,29)17-18-10-4-3-5-11-18/h3-15,23H,2,16-17H2,1H3,(H,25,27)/t23-/m1/s1. The van der Waals surface area contributed by atoms with Gasteiger partial charge in [0.25, 0.3) is 5.91 Å². The maximum atomic E-state index is 13.3. The summed E-state index contributed by atoms with van der Waals surface area (Å²) in [5, 5.41) is 2.81. The van der Waals surface area contributed by atoms with Crippen LogP contribution in [0.15, 0.2) is 78.9 Å². The smallest absolute Gasteiger partial charge is 0.267 e. The summed E-state index contributed by atoms with van der Waals surface area (Å²) in [5.74, 6) is 0.247. The zero-order valence-corrected chi connectivity index (χ0v) is 18.4. The molecule has 0 saturated carbocycles. The van der Waals surface area contributed by atoms with Gasteiger partial charge in [0.2, 0.25) is 10.0 Å². The number of hydrogen-bond acceptors (Lipinski definition) is 5. The predicted molar refractivity (Wildman–Crippen MR) is 124 cm³/mol. The van der Waals surface area contributed by atoms with E-state index in [1.54, 1.807) is 66.7 Å². The summed E-state index contributed by atoms with van der Waals surface area (Å²) in [5.41, 5.74) is 1.59. The lowest BCUT2D eigenvalue weighted by Crippen LogP contribution is -2.49. The van der Waals surface area contributed by atoms with E-state index in [9.17, 15) is 13.2 Å². The van der Waals surface area contributed by atoms with Crippen LogP contribution in [0.1, 0.15) is 12.5 Å². The summed E-state index contributed by atoms with van der Waals surface area (Å²) < 4.78 is 39.3. The minimum atomic E-state index is -3.76. The normalized spacial score (nSPS) is 15.4. The quantitative estimate of drug-likeness (QED) is 0.589. The van der Waals surface area contributed by atoms with Crippen LogP contribution in [0.2, 0.25) is 0 Å². The van der Waals surface area contributed by atoms with Crippen molar-refractivity contribution in [1.29, 1.82) is 0 Å². The molecule has 0 bridgehead atoms. The number of carbonyl (C=O) groups is 1. The highest BCUT2D eigenvalue weighted by Gasteiger charge is 2.36. The number of anilines is 2. The number of amides is 1. The van der Waals surface area contributed by atoms with E-state index in [1.807, 2.05) is 19.1 Å². The largest absolute Gasteiger partial charge is 0.492 e. The number of benzene rings is 3. The summed E-state index contributed by atoms with van der Waals surface area (Å²) in [6, 6.07) is 22.8. The van der Waals surface area contributed by atoms with Crippen molar-refractivity contribution in [3.8, 4) is 11.5 Å². The van der Waals surface area contributed by atoms with Crippen LogP contribution < -0.4 is 19.1 Å². The number of carbonyl (C=O) groups excluding carboxylic acids is 1. The number of nitrogens with zero attached hydrogens (tertiary/aromatic N) is 1. The van der Waals surface area contributed by atoms with Crippen molar-refractivity contribution < 1.29 is 22.7 Å². The van der Waals surface area contributed by atoms with E-state index < -0.39 is 22.0 Å². The lowest BCUT2D eigenvalue weighted by Gasteiger charge is -2.34. The molecule has 0 fully saturated rings. The van der Waals surface area contributed by atoms with E-state index in [0.29, 0.717) is 35.0 Å². The molecule has 32 heavy (non-hydrogen) atoms. The van der Waals surface area contributed by atoms with Gasteiger partial charge in [-0.3, -0.25) is 9.10 Å². The maximum absolute atomic E-state index is 13.3. The molecule has 8 heteroatoms. The minimum absolute atomic E-state index is 0.130. The second-order valence-electron chi connectivity index (χ2n) is 7.27. The van der Waals surface area contributed by atoms with E-state index in [4.69, 9.17) is 9.47 Å². The Morgan fingerprint density at radius 1 is 1.03 bits per heavy atom. The van der Waals surface area contributed by atoms with Crippen LogP contribution in [0, 0.1) is 0 Å². The number of rotatable bonds is 7. The zero-order valence-electron chi connectivity index (χ0n) is 17.6. The second-order valence-corrected chi connectivity index (χ2v) is 9.16. The van der Waals surface area contributed by atoms with E-state index in [1.165, 1.54) is 4.31 Å².